The van der Waals surface area contributed by atoms with E-state index in [0.29, 0.717) is 24.7 Å². The van der Waals surface area contributed by atoms with Gasteiger partial charge >= 0.3 is 0 Å². The molecule has 1 aromatic carbocycles. The van der Waals surface area contributed by atoms with Crippen LogP contribution in [0.15, 0.2) is 18.2 Å². The molecule has 1 amide bonds. The second kappa shape index (κ2) is 9.20. The smallest absolute Gasteiger partial charge is 0.257 e. The highest BCUT2D eigenvalue weighted by molar-refractivity contribution is 5.77. The zero-order valence-electron chi connectivity index (χ0n) is 12.8. The highest BCUT2D eigenvalue weighted by Crippen LogP contribution is 2.28. The van der Waals surface area contributed by atoms with Gasteiger partial charge in [-0.3, -0.25) is 4.79 Å². The van der Waals surface area contributed by atoms with Crippen LogP contribution in [0.25, 0.3) is 0 Å². The standard InChI is InChI=1S/C15H24N2O4/c1-11(16)13-6-5-12(20-3)9-14(13)21-10-15(18)17-7-4-8-19-2/h5-6,9,11H,4,7-8,10,16H2,1-3H3,(H,17,18)/t11-/m1/s1. The van der Waals surface area contributed by atoms with Gasteiger partial charge in [-0.1, -0.05) is 6.07 Å². The van der Waals surface area contributed by atoms with E-state index in [1.165, 1.54) is 0 Å². The van der Waals surface area contributed by atoms with E-state index in [1.807, 2.05) is 19.1 Å². The average Bonchev–Trinajstić information content (AvgIpc) is 2.49. The van der Waals surface area contributed by atoms with E-state index in [-0.39, 0.29) is 18.6 Å². The first-order valence-electron chi connectivity index (χ1n) is 6.90. The summed E-state index contributed by atoms with van der Waals surface area (Å²) in [5.41, 5.74) is 6.73. The fourth-order valence-electron chi connectivity index (χ4n) is 1.78. The number of carbonyl (C=O) groups is 1. The van der Waals surface area contributed by atoms with Gasteiger partial charge in [-0.15, -0.1) is 0 Å². The quantitative estimate of drug-likeness (QED) is 0.670. The number of carbonyl (C=O) groups excluding carboxylic acids is 1. The van der Waals surface area contributed by atoms with Crippen LogP contribution in [0.5, 0.6) is 11.5 Å². The number of nitrogens with one attached hydrogen (secondary N) is 1. The number of rotatable bonds is 9. The van der Waals surface area contributed by atoms with E-state index >= 15 is 0 Å². The van der Waals surface area contributed by atoms with Crippen molar-refractivity contribution in [3.05, 3.63) is 23.8 Å². The van der Waals surface area contributed by atoms with Crippen molar-refractivity contribution in [2.45, 2.75) is 19.4 Å². The zero-order valence-corrected chi connectivity index (χ0v) is 12.8. The van der Waals surface area contributed by atoms with Crippen molar-refractivity contribution >= 4 is 5.91 Å². The van der Waals surface area contributed by atoms with Crippen LogP contribution in [-0.2, 0) is 9.53 Å². The van der Waals surface area contributed by atoms with Gasteiger partial charge in [0, 0.05) is 37.9 Å². The largest absolute Gasteiger partial charge is 0.497 e. The van der Waals surface area contributed by atoms with Crippen LogP contribution >= 0.6 is 0 Å². The van der Waals surface area contributed by atoms with Crippen LogP contribution in [-0.4, -0.2) is 39.9 Å². The van der Waals surface area contributed by atoms with E-state index in [9.17, 15) is 4.79 Å². The number of methoxy groups -OCH3 is 2. The van der Waals surface area contributed by atoms with Crippen molar-refractivity contribution in [3.63, 3.8) is 0 Å². The number of amides is 1. The Labute approximate surface area is 125 Å². The molecule has 6 heteroatoms. The first-order valence-corrected chi connectivity index (χ1v) is 6.90. The van der Waals surface area contributed by atoms with Gasteiger partial charge in [0.25, 0.3) is 5.91 Å². The Morgan fingerprint density at radius 2 is 2.14 bits per heavy atom. The number of benzene rings is 1. The minimum atomic E-state index is -0.185. The third kappa shape index (κ3) is 6.01. The summed E-state index contributed by atoms with van der Waals surface area (Å²) in [5, 5.41) is 2.76. The molecule has 1 atom stereocenters. The van der Waals surface area contributed by atoms with E-state index in [1.54, 1.807) is 20.3 Å². The van der Waals surface area contributed by atoms with E-state index in [2.05, 4.69) is 5.32 Å². The van der Waals surface area contributed by atoms with Crippen molar-refractivity contribution in [2.24, 2.45) is 5.73 Å². The molecule has 0 unspecified atom stereocenters. The Morgan fingerprint density at radius 3 is 2.76 bits per heavy atom. The maximum absolute atomic E-state index is 11.7. The lowest BCUT2D eigenvalue weighted by atomic mass is 10.1. The van der Waals surface area contributed by atoms with Crippen LogP contribution in [0.3, 0.4) is 0 Å². The Balaban J connectivity index is 2.55. The van der Waals surface area contributed by atoms with Crippen LogP contribution in [0.4, 0.5) is 0 Å². The summed E-state index contributed by atoms with van der Waals surface area (Å²) in [6, 6.07) is 5.21. The SMILES string of the molecule is COCCCNC(=O)COc1cc(OC)ccc1[C@@H](C)N. The topological polar surface area (TPSA) is 82.8 Å². The summed E-state index contributed by atoms with van der Waals surface area (Å²) in [7, 11) is 3.20. The summed E-state index contributed by atoms with van der Waals surface area (Å²) >= 11 is 0. The predicted octanol–water partition coefficient (Wildman–Crippen LogP) is 1.25. The number of hydrogen-bond donors (Lipinski definition) is 2. The van der Waals surface area contributed by atoms with Gasteiger partial charge in [0.2, 0.25) is 0 Å². The Kier molecular flexibility index (Phi) is 7.56. The molecule has 0 saturated carbocycles. The van der Waals surface area contributed by atoms with Crippen molar-refractivity contribution in [1.82, 2.24) is 5.32 Å². The Bertz CT molecular complexity index is 449. The lowest BCUT2D eigenvalue weighted by molar-refractivity contribution is -0.123. The van der Waals surface area contributed by atoms with Gasteiger partial charge in [-0.2, -0.15) is 0 Å². The van der Waals surface area contributed by atoms with Crippen LogP contribution in [0.1, 0.15) is 24.9 Å². The van der Waals surface area contributed by atoms with Crippen molar-refractivity contribution in [2.75, 3.05) is 34.0 Å². The highest BCUT2D eigenvalue weighted by atomic mass is 16.5. The first-order chi connectivity index (χ1) is 10.1. The second-order valence-corrected chi connectivity index (χ2v) is 4.68. The second-order valence-electron chi connectivity index (χ2n) is 4.68. The fourth-order valence-corrected chi connectivity index (χ4v) is 1.78. The molecule has 0 heterocycles. The minimum Gasteiger partial charge on any atom is -0.497 e. The number of hydrogen-bond acceptors (Lipinski definition) is 5. The average molecular weight is 296 g/mol. The number of nitrogens with two attached hydrogens (primary N) is 1. The maximum Gasteiger partial charge on any atom is 0.257 e. The third-order valence-electron chi connectivity index (χ3n) is 2.92. The van der Waals surface area contributed by atoms with E-state index in [4.69, 9.17) is 19.9 Å². The Hall–Kier alpha value is -1.79. The van der Waals surface area contributed by atoms with E-state index < -0.39 is 0 Å². The fraction of sp³-hybridized carbons (Fsp3) is 0.533. The molecule has 0 bridgehead atoms. The van der Waals surface area contributed by atoms with Gasteiger partial charge in [0.1, 0.15) is 11.5 Å². The molecule has 1 rings (SSSR count). The summed E-state index contributed by atoms with van der Waals surface area (Å²) in [5.74, 6) is 1.05. The first kappa shape index (κ1) is 17.3. The zero-order chi connectivity index (χ0) is 15.7. The predicted molar refractivity (Wildman–Crippen MR) is 80.6 cm³/mol. The molecule has 1 aromatic rings. The molecule has 0 radical (unpaired) electrons. The minimum absolute atomic E-state index is 0.0557. The van der Waals surface area contributed by atoms with Gasteiger partial charge in [-0.05, 0) is 19.4 Å². The molecular formula is C15H24N2O4. The van der Waals surface area contributed by atoms with Crippen LogP contribution in [0, 0.1) is 0 Å². The molecule has 6 nitrogen and oxygen atoms in total. The molecular weight excluding hydrogens is 272 g/mol. The molecule has 21 heavy (non-hydrogen) atoms. The van der Waals surface area contributed by atoms with Gasteiger partial charge in [0.05, 0.1) is 7.11 Å². The number of ether oxygens (including phenoxy) is 3. The monoisotopic (exact) mass is 296 g/mol. The molecule has 3 N–H and O–H groups in total. The maximum atomic E-state index is 11.7. The molecule has 0 aromatic heterocycles. The van der Waals surface area contributed by atoms with Gasteiger partial charge in [-0.25, -0.2) is 0 Å². The molecule has 0 saturated heterocycles. The molecule has 0 aliphatic carbocycles. The van der Waals surface area contributed by atoms with Crippen molar-refractivity contribution < 1.29 is 19.0 Å². The van der Waals surface area contributed by atoms with Gasteiger partial charge in [0.15, 0.2) is 6.61 Å². The summed E-state index contributed by atoms with van der Waals surface area (Å²) in [6.07, 6.45) is 0.770. The van der Waals surface area contributed by atoms with Crippen molar-refractivity contribution in [1.29, 1.82) is 0 Å². The summed E-state index contributed by atoms with van der Waals surface area (Å²) in [6.45, 7) is 2.99. The molecule has 0 aliphatic rings. The lowest BCUT2D eigenvalue weighted by Crippen LogP contribution is -2.30. The van der Waals surface area contributed by atoms with Crippen LogP contribution < -0.4 is 20.5 Å². The summed E-state index contributed by atoms with van der Waals surface area (Å²) in [4.78, 5) is 11.7. The molecule has 118 valence electrons. The van der Waals surface area contributed by atoms with Gasteiger partial charge < -0.3 is 25.3 Å². The summed E-state index contributed by atoms with van der Waals surface area (Å²) < 4.78 is 15.6. The van der Waals surface area contributed by atoms with Crippen LogP contribution in [0.2, 0.25) is 0 Å². The normalized spacial score (nSPS) is 11.8. The molecule has 0 fully saturated rings. The highest BCUT2D eigenvalue weighted by Gasteiger charge is 2.11. The molecule has 0 spiro atoms. The third-order valence-corrected chi connectivity index (χ3v) is 2.92. The van der Waals surface area contributed by atoms with Crippen molar-refractivity contribution in [3.8, 4) is 11.5 Å². The lowest BCUT2D eigenvalue weighted by Gasteiger charge is -2.15. The molecule has 0 aliphatic heterocycles. The van der Waals surface area contributed by atoms with E-state index in [0.717, 1.165) is 12.0 Å². The Morgan fingerprint density at radius 1 is 1.38 bits per heavy atom.